The van der Waals surface area contributed by atoms with E-state index >= 15 is 0 Å². The summed E-state index contributed by atoms with van der Waals surface area (Å²) >= 11 is 0. The number of hydrogen-bond donors (Lipinski definition) is 0. The van der Waals surface area contributed by atoms with Gasteiger partial charge in [0.05, 0.1) is 13.7 Å². The fraction of sp³-hybridized carbons (Fsp3) is 0.500. The quantitative estimate of drug-likeness (QED) is 0.751. The molecule has 1 atom stereocenters. The monoisotopic (exact) mass is 265 g/mol. The van der Waals surface area contributed by atoms with E-state index in [4.69, 9.17) is 9.47 Å². The summed E-state index contributed by atoms with van der Waals surface area (Å²) in [4.78, 5) is 13.3. The highest BCUT2D eigenvalue weighted by Gasteiger charge is 2.23. The molecule has 0 unspecified atom stereocenters. The maximum atomic E-state index is 11.3. The summed E-state index contributed by atoms with van der Waals surface area (Å²) in [5.41, 5.74) is 0. The predicted octanol–water partition coefficient (Wildman–Crippen LogP) is 1.32. The van der Waals surface area contributed by atoms with Crippen LogP contribution in [-0.4, -0.2) is 50.3 Å². The van der Waals surface area contributed by atoms with Crippen LogP contribution in [0.4, 0.5) is 0 Å². The minimum atomic E-state index is -0.237. The van der Waals surface area contributed by atoms with Gasteiger partial charge in [-0.1, -0.05) is 19.1 Å². The Balaban J connectivity index is 1.92. The molecule has 19 heavy (non-hydrogen) atoms. The van der Waals surface area contributed by atoms with Crippen molar-refractivity contribution < 1.29 is 19.0 Å². The molecule has 1 aliphatic rings. The molecule has 0 fully saturated rings. The van der Waals surface area contributed by atoms with Gasteiger partial charge in [-0.25, -0.2) is 0 Å². The zero-order chi connectivity index (χ0) is 13.7. The molecule has 0 radical (unpaired) electrons. The summed E-state index contributed by atoms with van der Waals surface area (Å²) < 4.78 is 16.2. The molecule has 5 heteroatoms. The van der Waals surface area contributed by atoms with Gasteiger partial charge < -0.3 is 14.2 Å². The number of hydrogen-bond acceptors (Lipinski definition) is 5. The van der Waals surface area contributed by atoms with Crippen LogP contribution in [0.3, 0.4) is 0 Å². The van der Waals surface area contributed by atoms with Gasteiger partial charge in [0.1, 0.15) is 12.7 Å². The molecule has 1 aliphatic heterocycles. The summed E-state index contributed by atoms with van der Waals surface area (Å²) in [6.07, 6.45) is -0.0699. The standard InChI is InChI=1S/C14H19NO4/c1-3-15(9-14(16)17-2)8-11-10-18-12-6-4-5-7-13(12)19-11/h4-7,11H,3,8-10H2,1-2H3/t11-/m1/s1. The Morgan fingerprint density at radius 2 is 2.16 bits per heavy atom. The number of carbonyl (C=O) groups is 1. The van der Waals surface area contributed by atoms with Gasteiger partial charge >= 0.3 is 5.97 Å². The van der Waals surface area contributed by atoms with Gasteiger partial charge in [-0.2, -0.15) is 0 Å². The highest BCUT2D eigenvalue weighted by molar-refractivity contribution is 5.71. The van der Waals surface area contributed by atoms with Crippen molar-refractivity contribution in [1.82, 2.24) is 4.90 Å². The molecule has 0 N–H and O–H groups in total. The second-order valence-electron chi connectivity index (χ2n) is 4.40. The van der Waals surface area contributed by atoms with E-state index in [9.17, 15) is 4.79 Å². The zero-order valence-corrected chi connectivity index (χ0v) is 11.3. The van der Waals surface area contributed by atoms with Gasteiger partial charge in [0, 0.05) is 6.54 Å². The van der Waals surface area contributed by atoms with Crippen LogP contribution in [-0.2, 0) is 9.53 Å². The molecule has 0 bridgehead atoms. The van der Waals surface area contributed by atoms with E-state index in [1.807, 2.05) is 36.1 Å². The van der Waals surface area contributed by atoms with Crippen molar-refractivity contribution in [1.29, 1.82) is 0 Å². The smallest absolute Gasteiger partial charge is 0.319 e. The summed E-state index contributed by atoms with van der Waals surface area (Å²) in [5.74, 6) is 1.29. The molecule has 0 spiro atoms. The predicted molar refractivity (Wildman–Crippen MR) is 70.5 cm³/mol. The van der Waals surface area contributed by atoms with E-state index in [0.717, 1.165) is 18.0 Å². The maximum absolute atomic E-state index is 11.3. The van der Waals surface area contributed by atoms with Crippen LogP contribution in [0.25, 0.3) is 0 Å². The SMILES string of the molecule is CCN(CC(=O)OC)C[C@@H]1COc2ccccc2O1. The summed E-state index contributed by atoms with van der Waals surface area (Å²) in [5, 5.41) is 0. The van der Waals surface area contributed by atoms with E-state index in [0.29, 0.717) is 13.2 Å². The van der Waals surface area contributed by atoms with Crippen LogP contribution in [0.1, 0.15) is 6.92 Å². The number of para-hydroxylation sites is 2. The van der Waals surface area contributed by atoms with E-state index in [1.54, 1.807) is 0 Å². The minimum absolute atomic E-state index is 0.0699. The van der Waals surface area contributed by atoms with Crippen molar-refractivity contribution in [3.63, 3.8) is 0 Å². The lowest BCUT2D eigenvalue weighted by Gasteiger charge is -2.30. The van der Waals surface area contributed by atoms with Crippen LogP contribution in [0.5, 0.6) is 11.5 Å². The number of fused-ring (bicyclic) bond motifs is 1. The molecule has 0 aromatic heterocycles. The molecule has 0 aliphatic carbocycles. The first kappa shape index (κ1) is 13.7. The number of carbonyl (C=O) groups excluding carboxylic acids is 1. The Kier molecular flexibility index (Phi) is 4.63. The van der Waals surface area contributed by atoms with Crippen molar-refractivity contribution in [3.8, 4) is 11.5 Å². The third-order valence-corrected chi connectivity index (χ3v) is 3.06. The van der Waals surface area contributed by atoms with Gasteiger partial charge in [-0.05, 0) is 18.7 Å². The molecule has 2 rings (SSSR count). The third kappa shape index (κ3) is 3.61. The third-order valence-electron chi connectivity index (χ3n) is 3.06. The molecule has 1 aromatic rings. The van der Waals surface area contributed by atoms with Gasteiger partial charge in [0.15, 0.2) is 11.5 Å². The second kappa shape index (κ2) is 6.43. The minimum Gasteiger partial charge on any atom is -0.486 e. The highest BCUT2D eigenvalue weighted by atomic mass is 16.6. The molecule has 1 aromatic carbocycles. The van der Waals surface area contributed by atoms with E-state index in [1.165, 1.54) is 7.11 Å². The molecular formula is C14H19NO4. The van der Waals surface area contributed by atoms with Gasteiger partial charge in [-0.15, -0.1) is 0 Å². The van der Waals surface area contributed by atoms with Gasteiger partial charge in [0.25, 0.3) is 0 Å². The first-order chi connectivity index (χ1) is 9.22. The molecule has 0 amide bonds. The topological polar surface area (TPSA) is 48.0 Å². The molecular weight excluding hydrogens is 246 g/mol. The van der Waals surface area contributed by atoms with Crippen LogP contribution in [0.15, 0.2) is 24.3 Å². The van der Waals surface area contributed by atoms with Crippen molar-refractivity contribution >= 4 is 5.97 Å². The lowest BCUT2D eigenvalue weighted by Crippen LogP contribution is -2.43. The zero-order valence-electron chi connectivity index (χ0n) is 11.3. The number of nitrogens with zero attached hydrogens (tertiary/aromatic N) is 1. The normalized spacial score (nSPS) is 17.3. The lowest BCUT2D eigenvalue weighted by atomic mass is 10.2. The Morgan fingerprint density at radius 1 is 1.42 bits per heavy atom. The van der Waals surface area contributed by atoms with Gasteiger partial charge in [0.2, 0.25) is 0 Å². The first-order valence-corrected chi connectivity index (χ1v) is 6.40. The van der Waals surface area contributed by atoms with Crippen molar-refractivity contribution in [3.05, 3.63) is 24.3 Å². The van der Waals surface area contributed by atoms with Gasteiger partial charge in [-0.3, -0.25) is 9.69 Å². The average molecular weight is 265 g/mol. The Morgan fingerprint density at radius 3 is 2.84 bits per heavy atom. The average Bonchev–Trinajstić information content (AvgIpc) is 2.46. The Bertz CT molecular complexity index is 435. The Hall–Kier alpha value is -1.75. The lowest BCUT2D eigenvalue weighted by molar-refractivity contribution is -0.142. The van der Waals surface area contributed by atoms with Crippen LogP contribution < -0.4 is 9.47 Å². The molecule has 0 saturated heterocycles. The molecule has 0 saturated carbocycles. The van der Waals surface area contributed by atoms with Crippen LogP contribution >= 0.6 is 0 Å². The van der Waals surface area contributed by atoms with E-state index < -0.39 is 0 Å². The molecule has 104 valence electrons. The van der Waals surface area contributed by atoms with Crippen molar-refractivity contribution in [2.24, 2.45) is 0 Å². The van der Waals surface area contributed by atoms with E-state index in [-0.39, 0.29) is 18.6 Å². The number of likely N-dealkylation sites (N-methyl/N-ethyl adjacent to an activating group) is 1. The second-order valence-corrected chi connectivity index (χ2v) is 4.40. The highest BCUT2D eigenvalue weighted by Crippen LogP contribution is 2.30. The molecule has 1 heterocycles. The number of esters is 1. The number of rotatable bonds is 5. The fourth-order valence-electron chi connectivity index (χ4n) is 1.99. The number of methoxy groups -OCH3 is 1. The largest absolute Gasteiger partial charge is 0.486 e. The van der Waals surface area contributed by atoms with Crippen molar-refractivity contribution in [2.45, 2.75) is 13.0 Å². The summed E-state index contributed by atoms with van der Waals surface area (Å²) in [6, 6.07) is 7.60. The van der Waals surface area contributed by atoms with Crippen LogP contribution in [0, 0.1) is 0 Å². The molecule has 5 nitrogen and oxygen atoms in total. The number of ether oxygens (including phenoxy) is 3. The van der Waals surface area contributed by atoms with E-state index in [2.05, 4.69) is 4.74 Å². The number of benzene rings is 1. The maximum Gasteiger partial charge on any atom is 0.319 e. The van der Waals surface area contributed by atoms with Crippen LogP contribution in [0.2, 0.25) is 0 Å². The summed E-state index contributed by atoms with van der Waals surface area (Å²) in [7, 11) is 1.40. The van der Waals surface area contributed by atoms with Crippen molar-refractivity contribution in [2.75, 3.05) is 33.4 Å². The fourth-order valence-corrected chi connectivity index (χ4v) is 1.99. The summed E-state index contributed by atoms with van der Waals surface area (Å²) in [6.45, 7) is 4.17. The first-order valence-electron chi connectivity index (χ1n) is 6.40. The Labute approximate surface area is 113 Å².